The summed E-state index contributed by atoms with van der Waals surface area (Å²) in [5.74, 6) is -18.6. The van der Waals surface area contributed by atoms with E-state index in [9.17, 15) is 92.7 Å². The molecule has 0 radical (unpaired) electrons. The highest BCUT2D eigenvalue weighted by atomic mass is 16.3. The van der Waals surface area contributed by atoms with Gasteiger partial charge in [0.05, 0.1) is 24.4 Å². The Hall–Kier alpha value is -7.62. The van der Waals surface area contributed by atoms with Crippen LogP contribution in [0.2, 0.25) is 0 Å². The number of hydrogen-bond donors (Lipinski definition) is 17. The fraction of sp³-hybridized carbons (Fsp3) is 0.785. The highest BCUT2D eigenvalue weighted by Crippen LogP contribution is 2.23. The van der Waals surface area contributed by atoms with Crippen molar-refractivity contribution < 1.29 is 92.7 Å². The third kappa shape index (κ3) is 26.2. The number of hydrogen-bond acceptors (Lipinski definition) is 19. The first kappa shape index (κ1) is 86.5. The van der Waals surface area contributed by atoms with Crippen molar-refractivity contribution in [3.8, 4) is 0 Å². The smallest absolute Gasteiger partial charge is 0.248 e. The van der Waals surface area contributed by atoms with Gasteiger partial charge in [-0.3, -0.25) is 67.1 Å². The third-order valence-electron chi connectivity index (χ3n) is 17.6. The SMILES string of the molecule is CCCCCCC[C@@H]1CC(=O)N[C@@H](C(C)C)C(=O)N[C@H]([C@@H](O)C(C)C)C(=O)N[C@@H](C)C(=O)N[C@H]([C@@H](O)C(C)C)C(=O)N[C@@H](CCC(N)=O)C(=O)N(C)[C@@H]([C@@H](C)CC)C(=O)N[C@H]([C@H](O)C(N)=O)C(=O)N[C@@H]([C@@H](C)O)C(=O)N2CCC[C@H]2C(=O)N[C@H](CC(C)C)C(=O)N[C@@H]([C@@H](C)O)C(=O)N1. The number of aliphatic hydroxyl groups excluding tert-OH is 5. The molecule has 0 aromatic heterocycles. The van der Waals surface area contributed by atoms with E-state index in [1.54, 1.807) is 34.6 Å². The molecule has 2 heterocycles. The first-order valence-corrected chi connectivity index (χ1v) is 34.2. The molecule has 0 spiro atoms. The molecule has 558 valence electrons. The van der Waals surface area contributed by atoms with Crippen LogP contribution < -0.4 is 64.6 Å². The lowest BCUT2D eigenvalue weighted by molar-refractivity contribution is -0.148. The van der Waals surface area contributed by atoms with E-state index in [1.165, 1.54) is 48.5 Å². The van der Waals surface area contributed by atoms with Crippen molar-refractivity contribution in [2.75, 3.05) is 13.6 Å². The molecule has 0 unspecified atom stereocenters. The van der Waals surface area contributed by atoms with Gasteiger partial charge in [0.15, 0.2) is 6.10 Å². The maximum Gasteiger partial charge on any atom is 0.248 e. The number of carbonyl (C=O) groups is 14. The van der Waals surface area contributed by atoms with Gasteiger partial charge in [-0.1, -0.05) is 115 Å². The summed E-state index contributed by atoms with van der Waals surface area (Å²) in [6.45, 7) is 21.2. The van der Waals surface area contributed by atoms with Crippen molar-refractivity contribution in [3.05, 3.63) is 0 Å². The van der Waals surface area contributed by atoms with E-state index in [4.69, 9.17) is 11.5 Å². The maximum absolute atomic E-state index is 14.8. The summed E-state index contributed by atoms with van der Waals surface area (Å²) in [5.41, 5.74) is 11.0. The third-order valence-corrected chi connectivity index (χ3v) is 17.6. The van der Waals surface area contributed by atoms with Gasteiger partial charge < -0.3 is 100.0 Å². The quantitative estimate of drug-likeness (QED) is 0.0461. The Kier molecular flexibility index (Phi) is 36.2. The molecule has 0 saturated carbocycles. The second-order valence-corrected chi connectivity index (χ2v) is 27.6. The zero-order chi connectivity index (χ0) is 74.9. The van der Waals surface area contributed by atoms with Crippen molar-refractivity contribution in [1.29, 1.82) is 0 Å². The first-order chi connectivity index (χ1) is 45.6. The summed E-state index contributed by atoms with van der Waals surface area (Å²) in [6.07, 6.45) is -6.56. The average molecular weight is 1400 g/mol. The number of primary amides is 2. The maximum atomic E-state index is 14.8. The van der Waals surface area contributed by atoms with Crippen LogP contribution in [-0.4, -0.2) is 235 Å². The molecule has 0 aromatic carbocycles. The Bertz CT molecular complexity index is 2750. The Morgan fingerprint density at radius 3 is 1.52 bits per heavy atom. The van der Waals surface area contributed by atoms with Crippen molar-refractivity contribution in [3.63, 3.8) is 0 Å². The molecule has 2 saturated heterocycles. The molecule has 0 aliphatic carbocycles. The number of rotatable bonds is 22. The molecule has 98 heavy (non-hydrogen) atoms. The minimum Gasteiger partial charge on any atom is -0.391 e. The monoisotopic (exact) mass is 1390 g/mol. The summed E-state index contributed by atoms with van der Waals surface area (Å²) >= 11 is 0. The second kappa shape index (κ2) is 41.1. The topological polar surface area (TPSA) is 519 Å². The minimum absolute atomic E-state index is 0.00655. The van der Waals surface area contributed by atoms with Gasteiger partial charge in [-0.05, 0) is 82.5 Å². The number of carbonyl (C=O) groups excluding carboxylic acids is 14. The molecule has 0 bridgehead atoms. The fourth-order valence-corrected chi connectivity index (χ4v) is 11.4. The summed E-state index contributed by atoms with van der Waals surface area (Å²) in [5, 5.41) is 81.1. The van der Waals surface area contributed by atoms with Crippen LogP contribution in [0.5, 0.6) is 0 Å². The first-order valence-electron chi connectivity index (χ1n) is 34.2. The van der Waals surface area contributed by atoms with Gasteiger partial charge in [0.1, 0.15) is 66.5 Å². The molecular weight excluding hydrogens is 1280 g/mol. The molecule has 18 atom stereocenters. The van der Waals surface area contributed by atoms with Crippen LogP contribution in [0.1, 0.15) is 180 Å². The van der Waals surface area contributed by atoms with E-state index < -0.39 is 229 Å². The van der Waals surface area contributed by atoms with Gasteiger partial charge in [0.25, 0.3) is 0 Å². The Labute approximate surface area is 574 Å². The summed E-state index contributed by atoms with van der Waals surface area (Å²) in [4.78, 5) is 199. The van der Waals surface area contributed by atoms with Crippen LogP contribution in [0.15, 0.2) is 0 Å². The van der Waals surface area contributed by atoms with Crippen molar-refractivity contribution in [1.82, 2.24) is 63.0 Å². The Morgan fingerprint density at radius 2 is 1.01 bits per heavy atom. The van der Waals surface area contributed by atoms with Crippen LogP contribution in [-0.2, 0) is 67.1 Å². The molecule has 0 aromatic rings. The number of fused-ring (bicyclic) bond motifs is 1. The zero-order valence-corrected chi connectivity index (χ0v) is 59.6. The average Bonchev–Trinajstić information content (AvgIpc) is 1.70. The van der Waals surface area contributed by atoms with Crippen molar-refractivity contribution in [2.45, 2.75) is 283 Å². The molecule has 33 nitrogen and oxygen atoms in total. The van der Waals surface area contributed by atoms with Gasteiger partial charge in [-0.25, -0.2) is 0 Å². The molecule has 2 fully saturated rings. The number of nitrogens with one attached hydrogen (secondary N) is 10. The molecule has 2 aliphatic heterocycles. The van der Waals surface area contributed by atoms with E-state index in [0.29, 0.717) is 12.8 Å². The fourth-order valence-electron chi connectivity index (χ4n) is 11.4. The number of nitrogens with two attached hydrogens (primary N) is 2. The number of amides is 14. The lowest BCUT2D eigenvalue weighted by atomic mass is 9.94. The van der Waals surface area contributed by atoms with Crippen molar-refractivity contribution >= 4 is 82.7 Å². The predicted octanol–water partition coefficient (Wildman–Crippen LogP) is -3.91. The highest BCUT2D eigenvalue weighted by Gasteiger charge is 2.46. The summed E-state index contributed by atoms with van der Waals surface area (Å²) in [6, 6.07) is -20.0. The number of nitrogens with zero attached hydrogens (tertiary/aromatic N) is 2. The predicted molar refractivity (Wildman–Crippen MR) is 357 cm³/mol. The second-order valence-electron chi connectivity index (χ2n) is 27.6. The van der Waals surface area contributed by atoms with E-state index in [1.807, 2.05) is 6.92 Å². The van der Waals surface area contributed by atoms with Gasteiger partial charge in [-0.15, -0.1) is 0 Å². The Morgan fingerprint density at radius 1 is 0.520 bits per heavy atom. The Balaban J connectivity index is 2.98. The minimum atomic E-state index is -2.56. The van der Waals surface area contributed by atoms with Crippen LogP contribution in [0, 0.1) is 29.6 Å². The number of aliphatic hydroxyl groups is 5. The van der Waals surface area contributed by atoms with E-state index in [0.717, 1.165) is 43.0 Å². The van der Waals surface area contributed by atoms with E-state index >= 15 is 0 Å². The molecule has 2 rings (SSSR count). The van der Waals surface area contributed by atoms with Crippen molar-refractivity contribution in [2.24, 2.45) is 41.1 Å². The van der Waals surface area contributed by atoms with Gasteiger partial charge in [-0.2, -0.15) is 0 Å². The van der Waals surface area contributed by atoms with Gasteiger partial charge in [0.2, 0.25) is 82.7 Å². The molecule has 14 amide bonds. The normalized spacial score (nSPS) is 27.9. The molecule has 33 heteroatoms. The van der Waals surface area contributed by atoms with E-state index in [2.05, 4.69) is 53.2 Å². The zero-order valence-electron chi connectivity index (χ0n) is 59.6. The number of likely N-dealkylation sites (N-methyl/N-ethyl adjacent to an activating group) is 1. The van der Waals surface area contributed by atoms with E-state index in [-0.39, 0.29) is 44.6 Å². The van der Waals surface area contributed by atoms with Crippen LogP contribution in [0.25, 0.3) is 0 Å². The largest absolute Gasteiger partial charge is 0.391 e. The van der Waals surface area contributed by atoms with Crippen LogP contribution >= 0.6 is 0 Å². The van der Waals surface area contributed by atoms with Gasteiger partial charge in [0, 0.05) is 32.5 Å². The van der Waals surface area contributed by atoms with Crippen LogP contribution in [0.4, 0.5) is 0 Å². The highest BCUT2D eigenvalue weighted by molar-refractivity contribution is 6.01. The molecule has 2 aliphatic rings. The van der Waals surface area contributed by atoms with Gasteiger partial charge >= 0.3 is 0 Å². The molecular formula is C65H114N14O19. The van der Waals surface area contributed by atoms with Crippen LogP contribution in [0.3, 0.4) is 0 Å². The lowest BCUT2D eigenvalue weighted by Crippen LogP contribution is -2.65. The summed E-state index contributed by atoms with van der Waals surface area (Å²) in [7, 11) is 1.11. The lowest BCUT2D eigenvalue weighted by Gasteiger charge is -2.36. The number of unbranched alkanes of at least 4 members (excludes halogenated alkanes) is 4. The summed E-state index contributed by atoms with van der Waals surface area (Å²) < 4.78 is 0. The molecule has 19 N–H and O–H groups in total. The standard InChI is InChI=1S/C65H114N14O19/c1-16-18-19-20-21-23-38-29-43(83)72-44(31(5)6)58(91)76-47(51(84)32(7)8)60(93)68-35(12)55(88)75-48(52(85)33(9)10)61(94)70-39(25-26-42(66)82)64(97)78(15)50(34(11)17-2)63(96)77-49(53(86)54(67)87)62(95)74-46(37(14)81)65(98)79-27-22-24-41(79)57(90)71-40(28-30(3)4)56(89)73-45(36(13)80)59(92)69-38/h30-41,44-53,80-81,84-86H,16-29H2,1-15H3,(H2,66,82)(H2,67,87)(H,68,93)(H,69,92)(H,70,94)(H,71,90)(H,72,83)(H,73,89)(H,74,95)(H,75,88)(H,76,91)(H,77,96)/t34-,35-,36+,37+,38+,39-,40+,41-,44-,45-,46-,47+,48+,49+,50-,51-,52-,53-/m0/s1.